The number of hydrogen-bond acceptors (Lipinski definition) is 6. The molecule has 0 amide bonds. The van der Waals surface area contributed by atoms with Crippen LogP contribution >= 0.6 is 0 Å². The van der Waals surface area contributed by atoms with Gasteiger partial charge in [-0.3, -0.25) is 14.1 Å². The number of nitrogens with zero attached hydrogens (tertiary/aromatic N) is 3. The number of fused-ring (bicyclic) bond motifs is 3. The van der Waals surface area contributed by atoms with Gasteiger partial charge in [-0.05, 0) is 62.2 Å². The molecule has 3 heterocycles. The van der Waals surface area contributed by atoms with Crippen LogP contribution in [-0.2, 0) is 46.2 Å². The third-order valence-electron chi connectivity index (χ3n) is 5.35. The highest BCUT2D eigenvalue weighted by atomic mass is 32.2. The van der Waals surface area contributed by atoms with E-state index in [1.165, 1.54) is 38.9 Å². The molecule has 188 valence electrons. The molecule has 4 rings (SSSR count). The molecule has 0 bridgehead atoms. The molecule has 9 nitrogen and oxygen atoms in total. The summed E-state index contributed by atoms with van der Waals surface area (Å²) in [6, 6.07) is 9.01. The Kier molecular flexibility index (Phi) is 9.37. The van der Waals surface area contributed by atoms with E-state index < -0.39 is 20.2 Å². The fourth-order valence-corrected chi connectivity index (χ4v) is 3.94. The number of rotatable bonds is 3. The first kappa shape index (κ1) is 27.9. The Morgan fingerprint density at radius 3 is 2.24 bits per heavy atom. The average Bonchev–Trinajstić information content (AvgIpc) is 2.97. The minimum absolute atomic E-state index is 0.715. The third kappa shape index (κ3) is 9.15. The smallest absolute Gasteiger partial charge is 0.261 e. The summed E-state index contributed by atoms with van der Waals surface area (Å²) in [5.41, 5.74) is 8.50. The maximum atomic E-state index is 9.19. The van der Waals surface area contributed by atoms with E-state index >= 15 is 0 Å². The van der Waals surface area contributed by atoms with Crippen LogP contribution in [0.4, 0.5) is 0 Å². The molecule has 1 aliphatic rings. The Morgan fingerprint density at radius 1 is 1.03 bits per heavy atom. The molecule has 0 radical (unpaired) electrons. The highest BCUT2D eigenvalue weighted by Crippen LogP contribution is 2.31. The van der Waals surface area contributed by atoms with Crippen molar-refractivity contribution in [2.45, 2.75) is 39.8 Å². The first-order valence-electron chi connectivity index (χ1n) is 10.7. The van der Waals surface area contributed by atoms with Crippen LogP contribution in [0.1, 0.15) is 27.9 Å². The van der Waals surface area contributed by atoms with E-state index in [0.717, 1.165) is 32.5 Å². The standard InChI is InChI=1S/C21H25N3.2CH4O3S/c1-15-4-5-20-18(12-15)19-14-23(3)10-8-21(19)24(20)11-7-17-13-22-9-6-16(17)2;2*1-5(2,3)4/h4-6,9,12-13H,7-8,10-11,14H2,1-3H3;2*1H3,(H,2,3,4). The highest BCUT2D eigenvalue weighted by molar-refractivity contribution is 7.85. The van der Waals surface area contributed by atoms with Crippen LogP contribution in [0.2, 0.25) is 0 Å². The van der Waals surface area contributed by atoms with Crippen molar-refractivity contribution in [3.8, 4) is 0 Å². The molecule has 0 unspecified atom stereocenters. The summed E-state index contributed by atoms with van der Waals surface area (Å²) in [4.78, 5) is 6.73. The largest absolute Gasteiger partial charge is 0.344 e. The van der Waals surface area contributed by atoms with Crippen LogP contribution in [0.5, 0.6) is 0 Å². The van der Waals surface area contributed by atoms with Crippen molar-refractivity contribution in [2.24, 2.45) is 0 Å². The summed E-state index contributed by atoms with van der Waals surface area (Å²) in [6.07, 6.45) is 7.51. The van der Waals surface area contributed by atoms with Crippen molar-refractivity contribution in [1.82, 2.24) is 14.5 Å². The first-order chi connectivity index (χ1) is 15.6. The second kappa shape index (κ2) is 11.4. The Morgan fingerprint density at radius 2 is 1.65 bits per heavy atom. The zero-order valence-electron chi connectivity index (χ0n) is 20.2. The van der Waals surface area contributed by atoms with Gasteiger partial charge in [-0.2, -0.15) is 16.8 Å². The Bertz CT molecular complexity index is 1300. The molecule has 34 heavy (non-hydrogen) atoms. The summed E-state index contributed by atoms with van der Waals surface area (Å²) in [5, 5.41) is 1.44. The van der Waals surface area contributed by atoms with E-state index in [-0.39, 0.29) is 0 Å². The van der Waals surface area contributed by atoms with Crippen LogP contribution in [0.3, 0.4) is 0 Å². The second-order valence-electron chi connectivity index (χ2n) is 8.60. The second-order valence-corrected chi connectivity index (χ2v) is 11.5. The molecular weight excluding hydrogens is 478 g/mol. The van der Waals surface area contributed by atoms with Crippen LogP contribution in [-0.4, -0.2) is 66.5 Å². The Balaban J connectivity index is 0.000000347. The number of benzene rings is 1. The number of aromatic nitrogens is 2. The molecule has 11 heteroatoms. The Labute approximate surface area is 201 Å². The molecule has 0 spiro atoms. The maximum Gasteiger partial charge on any atom is 0.261 e. The molecule has 1 aromatic carbocycles. The summed E-state index contributed by atoms with van der Waals surface area (Å²) in [6.45, 7) is 7.61. The van der Waals surface area contributed by atoms with Crippen molar-refractivity contribution in [3.63, 3.8) is 0 Å². The van der Waals surface area contributed by atoms with Gasteiger partial charge in [0, 0.05) is 55.0 Å². The number of pyridine rings is 1. The van der Waals surface area contributed by atoms with Crippen LogP contribution in [0.15, 0.2) is 36.7 Å². The van der Waals surface area contributed by atoms with Gasteiger partial charge in [0.05, 0.1) is 12.5 Å². The van der Waals surface area contributed by atoms with Gasteiger partial charge in [0.1, 0.15) is 0 Å². The van der Waals surface area contributed by atoms with Crippen molar-refractivity contribution >= 4 is 31.1 Å². The lowest BCUT2D eigenvalue weighted by atomic mass is 10.0. The van der Waals surface area contributed by atoms with Gasteiger partial charge in [0.2, 0.25) is 0 Å². The van der Waals surface area contributed by atoms with E-state index in [2.05, 4.69) is 59.6 Å². The Hall–Kier alpha value is -2.31. The van der Waals surface area contributed by atoms with Crippen LogP contribution < -0.4 is 0 Å². The molecule has 2 aromatic heterocycles. The van der Waals surface area contributed by atoms with Gasteiger partial charge in [-0.1, -0.05) is 11.6 Å². The lowest BCUT2D eigenvalue weighted by Crippen LogP contribution is -2.27. The van der Waals surface area contributed by atoms with E-state index in [1.807, 2.05) is 12.4 Å². The van der Waals surface area contributed by atoms with E-state index in [1.54, 1.807) is 0 Å². The summed E-state index contributed by atoms with van der Waals surface area (Å²) >= 11 is 0. The van der Waals surface area contributed by atoms with E-state index in [4.69, 9.17) is 9.11 Å². The predicted octanol–water partition coefficient (Wildman–Crippen LogP) is 2.89. The van der Waals surface area contributed by atoms with Gasteiger partial charge < -0.3 is 9.47 Å². The van der Waals surface area contributed by atoms with E-state index in [9.17, 15) is 16.8 Å². The highest BCUT2D eigenvalue weighted by Gasteiger charge is 2.22. The number of hydrogen-bond donors (Lipinski definition) is 2. The lowest BCUT2D eigenvalue weighted by Gasteiger charge is -2.24. The van der Waals surface area contributed by atoms with Gasteiger partial charge in [-0.15, -0.1) is 0 Å². The van der Waals surface area contributed by atoms with Crippen molar-refractivity contribution in [1.29, 1.82) is 0 Å². The first-order valence-corrected chi connectivity index (χ1v) is 14.4. The van der Waals surface area contributed by atoms with Gasteiger partial charge in [0.15, 0.2) is 0 Å². The minimum Gasteiger partial charge on any atom is -0.344 e. The normalized spacial score (nSPS) is 14.0. The number of likely N-dealkylation sites (N-methyl/N-ethyl adjacent to an activating group) is 1. The van der Waals surface area contributed by atoms with Crippen LogP contribution in [0, 0.1) is 13.8 Å². The minimum atomic E-state index is -3.67. The van der Waals surface area contributed by atoms with Crippen molar-refractivity contribution in [2.75, 3.05) is 26.1 Å². The zero-order chi connectivity index (χ0) is 25.7. The topological polar surface area (TPSA) is 130 Å². The van der Waals surface area contributed by atoms with Gasteiger partial charge >= 0.3 is 0 Å². The summed E-state index contributed by atoms with van der Waals surface area (Å²) in [5.74, 6) is 0. The maximum absolute atomic E-state index is 9.19. The predicted molar refractivity (Wildman–Crippen MR) is 134 cm³/mol. The van der Waals surface area contributed by atoms with Gasteiger partial charge in [0.25, 0.3) is 20.2 Å². The molecule has 0 saturated carbocycles. The molecule has 0 aliphatic carbocycles. The molecule has 0 fully saturated rings. The molecule has 0 saturated heterocycles. The van der Waals surface area contributed by atoms with E-state index in [0.29, 0.717) is 12.5 Å². The summed E-state index contributed by atoms with van der Waals surface area (Å²) < 4.78 is 54.3. The van der Waals surface area contributed by atoms with Crippen molar-refractivity contribution in [3.05, 3.63) is 64.6 Å². The SMILES string of the molecule is CS(=O)(=O)O.CS(=O)(=O)O.Cc1ccc2c(c1)c1c(n2CCc2cnccc2C)CCN(C)C1. The van der Waals surface area contributed by atoms with Crippen LogP contribution in [0.25, 0.3) is 10.9 Å². The molecule has 1 aliphatic heterocycles. The lowest BCUT2D eigenvalue weighted by molar-refractivity contribution is 0.309. The molecular formula is C23H33N3O6S2. The van der Waals surface area contributed by atoms with Gasteiger partial charge in [-0.25, -0.2) is 0 Å². The quantitative estimate of drug-likeness (QED) is 0.514. The fourth-order valence-electron chi connectivity index (χ4n) is 3.94. The zero-order valence-corrected chi connectivity index (χ0v) is 21.8. The molecule has 3 aromatic rings. The number of aryl methyl sites for hydroxylation is 4. The fraction of sp³-hybridized carbons (Fsp3) is 0.435. The monoisotopic (exact) mass is 511 g/mol. The summed E-state index contributed by atoms with van der Waals surface area (Å²) in [7, 11) is -5.11. The third-order valence-corrected chi connectivity index (χ3v) is 5.35. The average molecular weight is 512 g/mol. The molecule has 2 N–H and O–H groups in total. The molecule has 0 atom stereocenters. The van der Waals surface area contributed by atoms with Crippen molar-refractivity contribution < 1.29 is 25.9 Å².